The molecular weight excluding hydrogens is 474 g/mol. The number of rotatable bonds is 13. The van der Waals surface area contributed by atoms with Crippen LogP contribution in [0.4, 0.5) is 0 Å². The predicted molar refractivity (Wildman–Crippen MR) is 167 cm³/mol. The SMILES string of the molecule is CC.CC.CC.CC.CCCCCCCC.COCCCCOC1CC2(C1)CN(C(=O)C1CC(OC)C1)C2. The zero-order chi connectivity index (χ0) is 29.8. The standard InChI is InChI=1S/C17H29NO4.C8H18.4C2H6/c1-20-5-3-4-6-22-15-9-17(10-15)11-18(12-17)16(19)13-7-14(8-13)21-2;1-3-5-7-8-6-4-2;4*1-2/h13-15H,3-12H2,1-2H3;3-8H2,1-2H3;4*1-2H3. The van der Waals surface area contributed by atoms with Gasteiger partial charge in [0, 0.05) is 51.9 Å². The number of likely N-dealkylation sites (tertiary alicyclic amines) is 1. The lowest BCUT2D eigenvalue weighted by Crippen LogP contribution is -2.66. The van der Waals surface area contributed by atoms with Gasteiger partial charge in [-0.15, -0.1) is 0 Å². The van der Waals surface area contributed by atoms with Crippen LogP contribution in [0.15, 0.2) is 0 Å². The van der Waals surface area contributed by atoms with Crippen molar-refractivity contribution in [2.75, 3.05) is 40.5 Å². The predicted octanol–water partition coefficient (Wildman–Crippen LogP) is 9.32. The zero-order valence-electron chi connectivity index (χ0n) is 28.1. The van der Waals surface area contributed by atoms with Crippen LogP contribution in [0, 0.1) is 11.3 Å². The molecule has 0 unspecified atom stereocenters. The second-order valence-corrected chi connectivity index (χ2v) is 9.74. The molecule has 38 heavy (non-hydrogen) atoms. The summed E-state index contributed by atoms with van der Waals surface area (Å²) in [7, 11) is 3.47. The molecule has 0 N–H and O–H groups in total. The van der Waals surface area contributed by atoms with Crippen LogP contribution in [0.3, 0.4) is 0 Å². The Morgan fingerprint density at radius 1 is 0.711 bits per heavy atom. The number of amides is 1. The van der Waals surface area contributed by atoms with Crippen LogP contribution in [0.2, 0.25) is 0 Å². The summed E-state index contributed by atoms with van der Waals surface area (Å²) >= 11 is 0. The molecule has 1 saturated heterocycles. The van der Waals surface area contributed by atoms with E-state index in [1.54, 1.807) is 14.2 Å². The zero-order valence-corrected chi connectivity index (χ0v) is 28.1. The van der Waals surface area contributed by atoms with Crippen molar-refractivity contribution in [3.8, 4) is 0 Å². The Bertz CT molecular complexity index is 460. The Morgan fingerprint density at radius 2 is 1.18 bits per heavy atom. The van der Waals surface area contributed by atoms with Crippen LogP contribution in [0.25, 0.3) is 0 Å². The Balaban J connectivity index is -0.000000646. The summed E-state index contributed by atoms with van der Waals surface area (Å²) in [6.07, 6.45) is 15.4. The molecule has 0 aromatic rings. The van der Waals surface area contributed by atoms with Gasteiger partial charge in [0.25, 0.3) is 0 Å². The fourth-order valence-corrected chi connectivity index (χ4v) is 4.87. The molecule has 2 saturated carbocycles. The van der Waals surface area contributed by atoms with Crippen molar-refractivity contribution in [3.63, 3.8) is 0 Å². The third kappa shape index (κ3) is 17.1. The number of ether oxygens (including phenoxy) is 3. The number of unbranched alkanes of at least 4 members (excludes halogenated alkanes) is 6. The van der Waals surface area contributed by atoms with E-state index in [0.29, 0.717) is 23.5 Å². The molecular formula is C33H71NO4. The van der Waals surface area contributed by atoms with E-state index in [1.807, 2.05) is 60.3 Å². The van der Waals surface area contributed by atoms with Crippen molar-refractivity contribution in [1.29, 1.82) is 0 Å². The third-order valence-electron chi connectivity index (χ3n) is 7.02. The van der Waals surface area contributed by atoms with E-state index in [1.165, 1.54) is 38.5 Å². The second-order valence-electron chi connectivity index (χ2n) is 9.74. The third-order valence-corrected chi connectivity index (χ3v) is 7.02. The minimum Gasteiger partial charge on any atom is -0.385 e. The molecule has 0 aromatic carbocycles. The van der Waals surface area contributed by atoms with Gasteiger partial charge in [-0.1, -0.05) is 108 Å². The Hall–Kier alpha value is -0.650. The van der Waals surface area contributed by atoms with Gasteiger partial charge in [-0.2, -0.15) is 0 Å². The lowest BCUT2D eigenvalue weighted by Gasteiger charge is -2.59. The molecule has 0 aromatic heterocycles. The topological polar surface area (TPSA) is 48.0 Å². The highest BCUT2D eigenvalue weighted by Gasteiger charge is 2.55. The van der Waals surface area contributed by atoms with Crippen molar-refractivity contribution in [2.45, 2.75) is 158 Å². The quantitative estimate of drug-likeness (QED) is 0.216. The van der Waals surface area contributed by atoms with Gasteiger partial charge < -0.3 is 19.1 Å². The van der Waals surface area contributed by atoms with Gasteiger partial charge in [0.05, 0.1) is 12.2 Å². The summed E-state index contributed by atoms with van der Waals surface area (Å²) in [6, 6.07) is 0. The molecule has 1 amide bonds. The fourth-order valence-electron chi connectivity index (χ4n) is 4.87. The van der Waals surface area contributed by atoms with Crippen LogP contribution >= 0.6 is 0 Å². The van der Waals surface area contributed by atoms with Crippen molar-refractivity contribution in [2.24, 2.45) is 11.3 Å². The maximum absolute atomic E-state index is 12.3. The van der Waals surface area contributed by atoms with Crippen LogP contribution in [0.5, 0.6) is 0 Å². The number of carbonyl (C=O) groups excluding carboxylic acids is 1. The molecule has 5 heteroatoms. The average molecular weight is 546 g/mol. The summed E-state index contributed by atoms with van der Waals surface area (Å²) in [6.45, 7) is 24.1. The summed E-state index contributed by atoms with van der Waals surface area (Å²) in [5, 5.41) is 0. The number of hydrogen-bond acceptors (Lipinski definition) is 4. The van der Waals surface area contributed by atoms with Gasteiger partial charge in [-0.05, 0) is 38.5 Å². The number of methoxy groups -OCH3 is 2. The number of hydrogen-bond donors (Lipinski definition) is 0. The van der Waals surface area contributed by atoms with Gasteiger partial charge in [0.2, 0.25) is 5.91 Å². The van der Waals surface area contributed by atoms with Crippen molar-refractivity contribution >= 4 is 5.91 Å². The molecule has 3 aliphatic rings. The first-order valence-electron chi connectivity index (χ1n) is 16.5. The highest BCUT2D eigenvalue weighted by atomic mass is 16.5. The van der Waals surface area contributed by atoms with E-state index in [2.05, 4.69) is 13.8 Å². The normalized spacial score (nSPS) is 19.9. The van der Waals surface area contributed by atoms with Crippen LogP contribution < -0.4 is 0 Å². The number of nitrogens with zero attached hydrogens (tertiary/aromatic N) is 1. The summed E-state index contributed by atoms with van der Waals surface area (Å²) in [5.41, 5.74) is 0.386. The van der Waals surface area contributed by atoms with Crippen molar-refractivity contribution in [1.82, 2.24) is 4.90 Å². The molecule has 3 rings (SSSR count). The van der Waals surface area contributed by atoms with Gasteiger partial charge in [0.15, 0.2) is 0 Å². The highest BCUT2D eigenvalue weighted by Crippen LogP contribution is 2.50. The molecule has 232 valence electrons. The van der Waals surface area contributed by atoms with Gasteiger partial charge in [-0.25, -0.2) is 0 Å². The molecule has 1 aliphatic heterocycles. The fraction of sp³-hybridized carbons (Fsp3) is 0.970. The first-order valence-corrected chi connectivity index (χ1v) is 16.5. The van der Waals surface area contributed by atoms with Crippen LogP contribution in [0.1, 0.15) is 146 Å². The van der Waals surface area contributed by atoms with Crippen molar-refractivity contribution < 1.29 is 19.0 Å². The minimum atomic E-state index is 0.218. The molecule has 2 aliphatic carbocycles. The maximum atomic E-state index is 12.3. The van der Waals surface area contributed by atoms with E-state index >= 15 is 0 Å². The minimum absolute atomic E-state index is 0.218. The molecule has 1 spiro atoms. The largest absolute Gasteiger partial charge is 0.385 e. The van der Waals surface area contributed by atoms with E-state index in [0.717, 1.165) is 64.8 Å². The summed E-state index contributed by atoms with van der Waals surface area (Å²) < 4.78 is 16.2. The lowest BCUT2D eigenvalue weighted by molar-refractivity contribution is -0.179. The van der Waals surface area contributed by atoms with E-state index in [9.17, 15) is 4.79 Å². The summed E-state index contributed by atoms with van der Waals surface area (Å²) in [4.78, 5) is 14.3. The monoisotopic (exact) mass is 546 g/mol. The lowest BCUT2D eigenvalue weighted by atomic mass is 9.61. The summed E-state index contributed by atoms with van der Waals surface area (Å²) in [5.74, 6) is 0.568. The van der Waals surface area contributed by atoms with Gasteiger partial charge in [0.1, 0.15) is 0 Å². The molecule has 0 radical (unpaired) electrons. The Labute approximate surface area is 240 Å². The van der Waals surface area contributed by atoms with Gasteiger partial charge >= 0.3 is 0 Å². The average Bonchev–Trinajstić information content (AvgIpc) is 2.91. The molecule has 3 fully saturated rings. The second kappa shape index (κ2) is 29.3. The van der Waals surface area contributed by atoms with Crippen molar-refractivity contribution in [3.05, 3.63) is 0 Å². The molecule has 0 bridgehead atoms. The van der Waals surface area contributed by atoms with E-state index in [4.69, 9.17) is 14.2 Å². The highest BCUT2D eigenvalue weighted by molar-refractivity contribution is 5.81. The molecule has 0 atom stereocenters. The molecule has 5 nitrogen and oxygen atoms in total. The van der Waals surface area contributed by atoms with Crippen LogP contribution in [-0.2, 0) is 19.0 Å². The van der Waals surface area contributed by atoms with Gasteiger partial charge in [-0.3, -0.25) is 4.79 Å². The van der Waals surface area contributed by atoms with E-state index < -0.39 is 0 Å². The molecule has 1 heterocycles. The smallest absolute Gasteiger partial charge is 0.225 e. The maximum Gasteiger partial charge on any atom is 0.225 e. The van der Waals surface area contributed by atoms with E-state index in [-0.39, 0.29) is 5.92 Å². The number of carbonyl (C=O) groups is 1. The first-order chi connectivity index (χ1) is 18.6. The Kier molecular flexibility index (Phi) is 32.3. The Morgan fingerprint density at radius 3 is 1.61 bits per heavy atom. The van der Waals surface area contributed by atoms with Crippen LogP contribution in [-0.4, -0.2) is 63.5 Å². The first kappa shape index (κ1) is 41.8.